The molecule has 0 spiro atoms. The summed E-state index contributed by atoms with van der Waals surface area (Å²) >= 11 is 13.8. The normalized spacial score (nSPS) is 14.6. The van der Waals surface area contributed by atoms with E-state index in [1.807, 2.05) is 30.0 Å². The average molecular weight is 292 g/mol. The van der Waals surface area contributed by atoms with E-state index in [2.05, 4.69) is 25.4 Å². The number of benzene rings is 1. The highest BCUT2D eigenvalue weighted by Crippen LogP contribution is 2.25. The van der Waals surface area contributed by atoms with Gasteiger partial charge in [0, 0.05) is 6.04 Å². The van der Waals surface area contributed by atoms with E-state index in [1.54, 1.807) is 0 Å². The van der Waals surface area contributed by atoms with Crippen LogP contribution < -0.4 is 5.32 Å². The van der Waals surface area contributed by atoms with E-state index < -0.39 is 0 Å². The quantitative estimate of drug-likeness (QED) is 0.819. The molecule has 1 aromatic rings. The Morgan fingerprint density at radius 1 is 1.24 bits per heavy atom. The summed E-state index contributed by atoms with van der Waals surface area (Å²) in [5.41, 5.74) is 1.18. The molecule has 1 nitrogen and oxygen atoms in total. The van der Waals surface area contributed by atoms with Gasteiger partial charge in [-0.3, -0.25) is 0 Å². The van der Waals surface area contributed by atoms with E-state index in [-0.39, 0.29) is 0 Å². The van der Waals surface area contributed by atoms with Gasteiger partial charge in [0.2, 0.25) is 0 Å². The predicted octanol–water partition coefficient (Wildman–Crippen LogP) is 4.64. The van der Waals surface area contributed by atoms with Crippen molar-refractivity contribution in [3.8, 4) is 0 Å². The lowest BCUT2D eigenvalue weighted by Gasteiger charge is -2.18. The van der Waals surface area contributed by atoms with Crippen molar-refractivity contribution < 1.29 is 0 Å². The number of hydrogen-bond acceptors (Lipinski definition) is 2. The van der Waals surface area contributed by atoms with Gasteiger partial charge in [-0.1, -0.05) is 36.2 Å². The Balaban J connectivity index is 2.52. The molecule has 17 heavy (non-hydrogen) atoms. The first kappa shape index (κ1) is 15.2. The van der Waals surface area contributed by atoms with Crippen molar-refractivity contribution in [2.45, 2.75) is 19.9 Å². The van der Waals surface area contributed by atoms with Crippen molar-refractivity contribution in [1.29, 1.82) is 0 Å². The minimum Gasteiger partial charge on any atom is -0.310 e. The summed E-state index contributed by atoms with van der Waals surface area (Å²) in [6.07, 6.45) is 2.14. The number of rotatable bonds is 6. The van der Waals surface area contributed by atoms with E-state index in [0.29, 0.717) is 22.0 Å². The lowest BCUT2D eigenvalue weighted by atomic mass is 10.1. The fraction of sp³-hybridized carbons (Fsp3) is 0.538. The first-order chi connectivity index (χ1) is 8.04. The molecule has 0 fully saturated rings. The van der Waals surface area contributed by atoms with Crippen LogP contribution in [-0.4, -0.2) is 18.6 Å². The summed E-state index contributed by atoms with van der Waals surface area (Å²) in [7, 11) is 0. The van der Waals surface area contributed by atoms with Crippen LogP contribution in [0.25, 0.3) is 0 Å². The van der Waals surface area contributed by atoms with Crippen LogP contribution in [-0.2, 0) is 0 Å². The molecule has 0 aliphatic heterocycles. The topological polar surface area (TPSA) is 12.0 Å². The third-order valence-electron chi connectivity index (χ3n) is 2.67. The highest BCUT2D eigenvalue weighted by atomic mass is 35.5. The molecule has 0 bridgehead atoms. The summed E-state index contributed by atoms with van der Waals surface area (Å²) in [6.45, 7) is 5.42. The molecule has 0 saturated carbocycles. The molecule has 1 aromatic carbocycles. The lowest BCUT2D eigenvalue weighted by molar-refractivity contribution is 0.501. The fourth-order valence-electron chi connectivity index (χ4n) is 1.62. The van der Waals surface area contributed by atoms with Crippen molar-refractivity contribution in [3.63, 3.8) is 0 Å². The van der Waals surface area contributed by atoms with Crippen LogP contribution in [0.4, 0.5) is 0 Å². The van der Waals surface area contributed by atoms with Gasteiger partial charge < -0.3 is 5.32 Å². The first-order valence-electron chi connectivity index (χ1n) is 5.72. The number of thioether (sulfide) groups is 1. The van der Waals surface area contributed by atoms with E-state index in [4.69, 9.17) is 23.2 Å². The summed E-state index contributed by atoms with van der Waals surface area (Å²) < 4.78 is 0. The molecule has 1 rings (SSSR count). The monoisotopic (exact) mass is 291 g/mol. The maximum Gasteiger partial charge on any atom is 0.0595 e. The Labute approximate surface area is 118 Å². The smallest absolute Gasteiger partial charge is 0.0595 e. The molecule has 4 heteroatoms. The Hall–Kier alpha value is 0.110. The zero-order valence-corrected chi connectivity index (χ0v) is 12.8. The molecule has 2 atom stereocenters. The lowest BCUT2D eigenvalue weighted by Crippen LogP contribution is -2.25. The largest absolute Gasteiger partial charge is 0.310 e. The summed E-state index contributed by atoms with van der Waals surface area (Å²) in [5, 5.41) is 4.75. The molecular formula is C13H19Cl2NS. The van der Waals surface area contributed by atoms with Gasteiger partial charge in [-0.2, -0.15) is 11.8 Å². The highest BCUT2D eigenvalue weighted by molar-refractivity contribution is 7.98. The molecule has 0 heterocycles. The molecule has 2 unspecified atom stereocenters. The third-order valence-corrected chi connectivity index (χ3v) is 4.31. The maximum atomic E-state index is 6.01. The van der Waals surface area contributed by atoms with Crippen molar-refractivity contribution >= 4 is 35.0 Å². The van der Waals surface area contributed by atoms with Crippen LogP contribution in [0.3, 0.4) is 0 Å². The number of halogens is 2. The predicted molar refractivity (Wildman–Crippen MR) is 80.4 cm³/mol. The average Bonchev–Trinajstić information content (AvgIpc) is 2.30. The van der Waals surface area contributed by atoms with Gasteiger partial charge >= 0.3 is 0 Å². The van der Waals surface area contributed by atoms with Crippen molar-refractivity contribution in [3.05, 3.63) is 33.8 Å². The standard InChI is InChI=1S/C13H19Cl2NS/c1-9(8-17-3)7-16-10(2)11-4-5-12(14)13(15)6-11/h4-6,9-10,16H,7-8H2,1-3H3. The molecule has 0 aliphatic carbocycles. The molecule has 96 valence electrons. The number of nitrogens with one attached hydrogen (secondary N) is 1. The maximum absolute atomic E-state index is 6.01. The molecule has 0 aromatic heterocycles. The zero-order chi connectivity index (χ0) is 12.8. The van der Waals surface area contributed by atoms with Crippen LogP contribution in [0.2, 0.25) is 10.0 Å². The van der Waals surface area contributed by atoms with Gasteiger partial charge in [0.25, 0.3) is 0 Å². The second-order valence-corrected chi connectivity index (χ2v) is 6.09. The summed E-state index contributed by atoms with van der Waals surface area (Å²) in [4.78, 5) is 0. The minimum absolute atomic E-state index is 0.300. The SMILES string of the molecule is CSCC(C)CNC(C)c1ccc(Cl)c(Cl)c1. The van der Waals surface area contributed by atoms with Gasteiger partial charge in [0.05, 0.1) is 10.0 Å². The highest BCUT2D eigenvalue weighted by Gasteiger charge is 2.09. The van der Waals surface area contributed by atoms with Crippen molar-refractivity contribution in [1.82, 2.24) is 5.32 Å². The molecule has 0 radical (unpaired) electrons. The van der Waals surface area contributed by atoms with Crippen LogP contribution in [0, 0.1) is 5.92 Å². The minimum atomic E-state index is 0.300. The molecule has 0 amide bonds. The summed E-state index contributed by atoms with van der Waals surface area (Å²) in [6, 6.07) is 6.10. The number of hydrogen-bond donors (Lipinski definition) is 1. The second-order valence-electron chi connectivity index (χ2n) is 4.36. The van der Waals surface area contributed by atoms with Gasteiger partial charge in [-0.05, 0) is 49.1 Å². The van der Waals surface area contributed by atoms with Crippen molar-refractivity contribution in [2.24, 2.45) is 5.92 Å². The molecular weight excluding hydrogens is 273 g/mol. The molecule has 1 N–H and O–H groups in total. The van der Waals surface area contributed by atoms with E-state index in [9.17, 15) is 0 Å². The van der Waals surface area contributed by atoms with Gasteiger partial charge in [0.15, 0.2) is 0 Å². The molecule has 0 aliphatic rings. The zero-order valence-electron chi connectivity index (χ0n) is 10.5. The van der Waals surface area contributed by atoms with Crippen LogP contribution in [0.5, 0.6) is 0 Å². The Bertz CT molecular complexity index is 357. The Morgan fingerprint density at radius 3 is 2.53 bits per heavy atom. The second kappa shape index (κ2) is 7.52. The van der Waals surface area contributed by atoms with E-state index in [0.717, 1.165) is 6.54 Å². The third kappa shape index (κ3) is 5.09. The van der Waals surface area contributed by atoms with Gasteiger partial charge in [-0.25, -0.2) is 0 Å². The van der Waals surface area contributed by atoms with Crippen LogP contribution in [0.15, 0.2) is 18.2 Å². The first-order valence-corrected chi connectivity index (χ1v) is 7.86. The fourth-order valence-corrected chi connectivity index (χ4v) is 2.61. The Morgan fingerprint density at radius 2 is 1.94 bits per heavy atom. The van der Waals surface area contributed by atoms with E-state index in [1.165, 1.54) is 11.3 Å². The van der Waals surface area contributed by atoms with Gasteiger partial charge in [0.1, 0.15) is 0 Å². The molecule has 0 saturated heterocycles. The van der Waals surface area contributed by atoms with E-state index >= 15 is 0 Å². The van der Waals surface area contributed by atoms with Crippen LogP contribution in [0.1, 0.15) is 25.5 Å². The van der Waals surface area contributed by atoms with Crippen LogP contribution >= 0.6 is 35.0 Å². The summed E-state index contributed by atoms with van der Waals surface area (Å²) in [5.74, 6) is 1.86. The van der Waals surface area contributed by atoms with Gasteiger partial charge in [-0.15, -0.1) is 0 Å². The van der Waals surface area contributed by atoms with Crippen molar-refractivity contribution in [2.75, 3.05) is 18.6 Å². The Kier molecular flexibility index (Phi) is 6.71.